The first-order chi connectivity index (χ1) is 11.4. The molecule has 2 heterocycles. The number of imidazole rings is 1. The lowest BCUT2D eigenvalue weighted by molar-refractivity contribution is -0.133. The molecule has 2 aromatic heterocycles. The van der Waals surface area contributed by atoms with Crippen LogP contribution in [-0.2, 0) is 11.2 Å². The van der Waals surface area contributed by atoms with E-state index in [1.165, 1.54) is 0 Å². The van der Waals surface area contributed by atoms with Gasteiger partial charge in [0.2, 0.25) is 5.91 Å². The maximum absolute atomic E-state index is 12.5. The molecule has 0 saturated carbocycles. The first-order valence-electron chi connectivity index (χ1n) is 7.84. The van der Waals surface area contributed by atoms with Gasteiger partial charge in [-0.1, -0.05) is 11.6 Å². The van der Waals surface area contributed by atoms with Gasteiger partial charge >= 0.3 is 0 Å². The number of rotatable bonds is 5. The zero-order valence-electron chi connectivity index (χ0n) is 14.0. The van der Waals surface area contributed by atoms with Crippen LogP contribution in [0, 0.1) is 6.92 Å². The van der Waals surface area contributed by atoms with E-state index in [-0.39, 0.29) is 11.9 Å². The van der Waals surface area contributed by atoms with Crippen LogP contribution < -0.4 is 0 Å². The first-order valence-corrected chi connectivity index (χ1v) is 8.21. The van der Waals surface area contributed by atoms with Gasteiger partial charge in [-0.3, -0.25) is 9.48 Å². The smallest absolute Gasteiger partial charge is 0.246 e. The molecule has 0 aliphatic carbocycles. The summed E-state index contributed by atoms with van der Waals surface area (Å²) in [7, 11) is 1.80. The van der Waals surface area contributed by atoms with Crippen molar-refractivity contribution in [1.82, 2.24) is 24.6 Å². The number of fused-ring (bicyclic) bond motifs is 1. The summed E-state index contributed by atoms with van der Waals surface area (Å²) in [6, 6.07) is 5.23. The predicted octanol–water partition coefficient (Wildman–Crippen LogP) is 2.98. The maximum Gasteiger partial charge on any atom is 0.246 e. The molecule has 1 amide bonds. The number of hydrogen-bond donors (Lipinski definition) is 1. The van der Waals surface area contributed by atoms with Crippen molar-refractivity contribution >= 4 is 28.5 Å². The van der Waals surface area contributed by atoms with Crippen LogP contribution in [0.2, 0.25) is 5.02 Å². The van der Waals surface area contributed by atoms with Crippen molar-refractivity contribution in [2.75, 3.05) is 13.6 Å². The highest BCUT2D eigenvalue weighted by molar-refractivity contribution is 6.31. The Bertz CT molecular complexity index is 869. The van der Waals surface area contributed by atoms with Crippen LogP contribution in [0.4, 0.5) is 0 Å². The molecule has 0 radical (unpaired) electrons. The lowest BCUT2D eigenvalue weighted by atomic mass is 10.2. The Morgan fingerprint density at radius 3 is 2.96 bits per heavy atom. The molecule has 0 aliphatic rings. The fourth-order valence-corrected chi connectivity index (χ4v) is 2.79. The van der Waals surface area contributed by atoms with Gasteiger partial charge in [0.05, 0.1) is 17.2 Å². The van der Waals surface area contributed by atoms with Crippen molar-refractivity contribution in [2.45, 2.75) is 26.3 Å². The van der Waals surface area contributed by atoms with Crippen LogP contribution in [0.3, 0.4) is 0 Å². The molecule has 24 heavy (non-hydrogen) atoms. The number of aromatic amines is 1. The summed E-state index contributed by atoms with van der Waals surface area (Å²) in [4.78, 5) is 22.0. The van der Waals surface area contributed by atoms with Crippen molar-refractivity contribution < 1.29 is 4.79 Å². The highest BCUT2D eigenvalue weighted by Crippen LogP contribution is 2.17. The molecule has 1 N–H and O–H groups in total. The number of hydrogen-bond acceptors (Lipinski definition) is 3. The van der Waals surface area contributed by atoms with E-state index in [0.717, 1.165) is 22.4 Å². The molecule has 0 fully saturated rings. The summed E-state index contributed by atoms with van der Waals surface area (Å²) >= 11 is 5.98. The summed E-state index contributed by atoms with van der Waals surface area (Å²) in [5.74, 6) is 0.867. The zero-order chi connectivity index (χ0) is 17.3. The summed E-state index contributed by atoms with van der Waals surface area (Å²) in [5, 5.41) is 4.89. The molecule has 126 valence electrons. The zero-order valence-corrected chi connectivity index (χ0v) is 14.7. The molecule has 1 aromatic carbocycles. The number of aromatic nitrogens is 4. The van der Waals surface area contributed by atoms with Crippen LogP contribution in [-0.4, -0.2) is 44.1 Å². The third-order valence-corrected chi connectivity index (χ3v) is 4.27. The number of aryl methyl sites for hydroxylation is 1. The largest absolute Gasteiger partial charge is 0.343 e. The van der Waals surface area contributed by atoms with Gasteiger partial charge in [-0.05, 0) is 37.6 Å². The van der Waals surface area contributed by atoms with Gasteiger partial charge in [0.25, 0.3) is 0 Å². The van der Waals surface area contributed by atoms with Crippen LogP contribution in [0.1, 0.15) is 24.4 Å². The van der Waals surface area contributed by atoms with Crippen molar-refractivity contribution in [1.29, 1.82) is 0 Å². The minimum absolute atomic E-state index is 0.0252. The molecule has 0 bridgehead atoms. The molecular weight excluding hydrogens is 326 g/mol. The minimum atomic E-state index is -0.321. The Labute approximate surface area is 145 Å². The number of nitrogens with zero attached hydrogens (tertiary/aromatic N) is 4. The molecule has 0 spiro atoms. The van der Waals surface area contributed by atoms with E-state index in [1.54, 1.807) is 22.8 Å². The van der Waals surface area contributed by atoms with Crippen molar-refractivity contribution in [3.05, 3.63) is 47.0 Å². The van der Waals surface area contributed by atoms with Crippen LogP contribution in [0.15, 0.2) is 30.6 Å². The quantitative estimate of drug-likeness (QED) is 0.773. The van der Waals surface area contributed by atoms with Crippen molar-refractivity contribution in [2.24, 2.45) is 0 Å². The summed E-state index contributed by atoms with van der Waals surface area (Å²) in [6.07, 6.45) is 4.28. The van der Waals surface area contributed by atoms with E-state index >= 15 is 0 Å². The molecule has 0 unspecified atom stereocenters. The second-order valence-electron chi connectivity index (χ2n) is 6.03. The lowest BCUT2D eigenvalue weighted by Crippen LogP contribution is -2.34. The Kier molecular flexibility index (Phi) is 4.57. The number of carbonyl (C=O) groups is 1. The molecule has 6 nitrogen and oxygen atoms in total. The number of H-pyrrole nitrogens is 1. The van der Waals surface area contributed by atoms with E-state index in [9.17, 15) is 4.79 Å². The molecule has 1 atom stereocenters. The second kappa shape index (κ2) is 6.65. The molecule has 7 heteroatoms. The molecule has 3 rings (SSSR count). The standard InChI is InChI=1S/C17H20ClN5O/c1-11-9-19-23(10-11)12(2)17(24)22(3)7-6-16-20-14-5-4-13(18)8-15(14)21-16/h4-5,8-10,12H,6-7H2,1-3H3,(H,20,21)/t12-/m1/s1. The molecule has 0 aliphatic heterocycles. The van der Waals surface area contributed by atoms with Crippen molar-refractivity contribution in [3.8, 4) is 0 Å². The Morgan fingerprint density at radius 2 is 2.25 bits per heavy atom. The minimum Gasteiger partial charge on any atom is -0.343 e. The number of halogens is 1. The van der Waals surface area contributed by atoms with Gasteiger partial charge in [-0.15, -0.1) is 0 Å². The Balaban J connectivity index is 1.63. The normalized spacial score (nSPS) is 12.5. The number of carbonyl (C=O) groups excluding carboxylic acids is 1. The second-order valence-corrected chi connectivity index (χ2v) is 6.46. The number of amides is 1. The fourth-order valence-electron chi connectivity index (χ4n) is 2.61. The number of nitrogens with one attached hydrogen (secondary N) is 1. The van der Waals surface area contributed by atoms with Gasteiger partial charge in [0.15, 0.2) is 0 Å². The van der Waals surface area contributed by atoms with E-state index in [4.69, 9.17) is 11.6 Å². The lowest BCUT2D eigenvalue weighted by Gasteiger charge is -2.21. The third-order valence-electron chi connectivity index (χ3n) is 4.04. The SMILES string of the molecule is Cc1cnn([C@H](C)C(=O)N(C)CCc2nc3ccc(Cl)cc3[nH]2)c1. The van der Waals surface area contributed by atoms with Crippen LogP contribution in [0.5, 0.6) is 0 Å². The van der Waals surface area contributed by atoms with Gasteiger partial charge in [-0.2, -0.15) is 5.10 Å². The van der Waals surface area contributed by atoms with Gasteiger partial charge in [-0.25, -0.2) is 4.98 Å². The average Bonchev–Trinajstić information content (AvgIpc) is 3.16. The summed E-state index contributed by atoms with van der Waals surface area (Å²) < 4.78 is 1.69. The Hall–Kier alpha value is -2.34. The van der Waals surface area contributed by atoms with Gasteiger partial charge < -0.3 is 9.88 Å². The van der Waals surface area contributed by atoms with Gasteiger partial charge in [0.1, 0.15) is 11.9 Å². The first kappa shape index (κ1) is 16.5. The van der Waals surface area contributed by atoms with Gasteiger partial charge in [0, 0.05) is 31.2 Å². The van der Waals surface area contributed by atoms with E-state index in [0.29, 0.717) is 18.0 Å². The third kappa shape index (κ3) is 3.43. The predicted molar refractivity (Wildman–Crippen MR) is 94.1 cm³/mol. The number of benzene rings is 1. The summed E-state index contributed by atoms with van der Waals surface area (Å²) in [6.45, 7) is 4.39. The summed E-state index contributed by atoms with van der Waals surface area (Å²) in [5.41, 5.74) is 2.83. The highest BCUT2D eigenvalue weighted by atomic mass is 35.5. The topological polar surface area (TPSA) is 66.8 Å². The molecule has 3 aromatic rings. The van der Waals surface area contributed by atoms with Crippen LogP contribution in [0.25, 0.3) is 11.0 Å². The fraction of sp³-hybridized carbons (Fsp3) is 0.353. The highest BCUT2D eigenvalue weighted by Gasteiger charge is 2.19. The average molecular weight is 346 g/mol. The molecule has 0 saturated heterocycles. The van der Waals surface area contributed by atoms with E-state index in [2.05, 4.69) is 15.1 Å². The van der Waals surface area contributed by atoms with E-state index in [1.807, 2.05) is 38.2 Å². The maximum atomic E-state index is 12.5. The molecular formula is C17H20ClN5O. The van der Waals surface area contributed by atoms with Crippen LogP contribution >= 0.6 is 11.6 Å². The van der Waals surface area contributed by atoms with E-state index < -0.39 is 0 Å². The Morgan fingerprint density at radius 1 is 1.46 bits per heavy atom. The monoisotopic (exact) mass is 345 g/mol. The number of likely N-dealkylation sites (N-methyl/N-ethyl adjacent to an activating group) is 1. The van der Waals surface area contributed by atoms with Crippen molar-refractivity contribution in [3.63, 3.8) is 0 Å².